The Hall–Kier alpha value is -2.69. The Bertz CT molecular complexity index is 925. The Balaban J connectivity index is 1.61. The van der Waals surface area contributed by atoms with E-state index in [9.17, 15) is 14.0 Å². The van der Waals surface area contributed by atoms with E-state index in [1.54, 1.807) is 13.1 Å². The Morgan fingerprint density at radius 1 is 1.14 bits per heavy atom. The first-order chi connectivity index (χ1) is 14.0. The van der Waals surface area contributed by atoms with Gasteiger partial charge < -0.3 is 10.2 Å². The number of carbonyl (C=O) groups is 2. The van der Waals surface area contributed by atoms with Crippen LogP contribution in [0.15, 0.2) is 48.5 Å². The van der Waals surface area contributed by atoms with Gasteiger partial charge in [-0.15, -0.1) is 0 Å². The Morgan fingerprint density at radius 2 is 1.86 bits per heavy atom. The highest BCUT2D eigenvalue weighted by molar-refractivity contribution is 5.86. The van der Waals surface area contributed by atoms with E-state index in [0.717, 1.165) is 48.9 Å². The van der Waals surface area contributed by atoms with Crippen LogP contribution in [0.25, 0.3) is 11.1 Å². The number of piperidine rings is 1. The summed E-state index contributed by atoms with van der Waals surface area (Å²) in [7, 11) is 1.66. The lowest BCUT2D eigenvalue weighted by atomic mass is 9.74. The van der Waals surface area contributed by atoms with E-state index in [1.165, 1.54) is 12.1 Å². The third kappa shape index (κ3) is 4.19. The van der Waals surface area contributed by atoms with Crippen LogP contribution in [0.1, 0.15) is 31.2 Å². The third-order valence-electron chi connectivity index (χ3n) is 6.15. The lowest BCUT2D eigenvalue weighted by Crippen LogP contribution is -2.54. The zero-order valence-electron chi connectivity index (χ0n) is 16.8. The van der Waals surface area contributed by atoms with Crippen LogP contribution < -0.4 is 5.32 Å². The molecule has 1 aliphatic heterocycles. The van der Waals surface area contributed by atoms with Crippen LogP contribution in [0, 0.1) is 17.2 Å². The van der Waals surface area contributed by atoms with Crippen LogP contribution in [0.5, 0.6) is 0 Å². The maximum absolute atomic E-state index is 13.6. The zero-order valence-corrected chi connectivity index (χ0v) is 16.8. The summed E-state index contributed by atoms with van der Waals surface area (Å²) in [5.41, 5.74) is 2.14. The van der Waals surface area contributed by atoms with Crippen LogP contribution in [-0.2, 0) is 16.0 Å². The van der Waals surface area contributed by atoms with Crippen LogP contribution in [-0.4, -0.2) is 36.9 Å². The van der Waals surface area contributed by atoms with Crippen LogP contribution in [0.4, 0.5) is 4.39 Å². The van der Waals surface area contributed by atoms with Crippen molar-refractivity contribution in [3.8, 4) is 11.1 Å². The van der Waals surface area contributed by atoms with Gasteiger partial charge in [0.15, 0.2) is 0 Å². The first-order valence-corrected chi connectivity index (χ1v) is 10.4. The van der Waals surface area contributed by atoms with Crippen LogP contribution in [0.2, 0.25) is 0 Å². The number of amides is 2. The van der Waals surface area contributed by atoms with Gasteiger partial charge in [0.2, 0.25) is 11.8 Å². The summed E-state index contributed by atoms with van der Waals surface area (Å²) in [6, 6.07) is 14.5. The SMILES string of the molecule is CNC(=O)C1(Cc2cccc(-c3cccc(F)c3)c2)CCCN(C(=O)C2CC2)C1. The average Bonchev–Trinajstić information content (AvgIpc) is 3.58. The van der Waals surface area contributed by atoms with Crippen molar-refractivity contribution in [3.63, 3.8) is 0 Å². The van der Waals surface area contributed by atoms with Crippen LogP contribution in [0.3, 0.4) is 0 Å². The largest absolute Gasteiger partial charge is 0.359 e. The predicted octanol–water partition coefficient (Wildman–Crippen LogP) is 3.80. The van der Waals surface area contributed by atoms with Gasteiger partial charge in [0.1, 0.15) is 5.82 Å². The molecule has 1 aliphatic carbocycles. The molecule has 1 saturated carbocycles. The molecule has 29 heavy (non-hydrogen) atoms. The number of likely N-dealkylation sites (tertiary alicyclic amines) is 1. The van der Waals surface area contributed by atoms with Gasteiger partial charge in [0.05, 0.1) is 5.41 Å². The molecule has 1 saturated heterocycles. The summed E-state index contributed by atoms with van der Waals surface area (Å²) in [6.07, 6.45) is 4.08. The topological polar surface area (TPSA) is 49.4 Å². The highest BCUT2D eigenvalue weighted by Gasteiger charge is 2.45. The van der Waals surface area contributed by atoms with Gasteiger partial charge in [-0.1, -0.05) is 36.4 Å². The number of hydrogen-bond donors (Lipinski definition) is 1. The summed E-state index contributed by atoms with van der Waals surface area (Å²) >= 11 is 0. The third-order valence-corrected chi connectivity index (χ3v) is 6.15. The highest BCUT2D eigenvalue weighted by Crippen LogP contribution is 2.38. The Morgan fingerprint density at radius 3 is 2.55 bits per heavy atom. The molecule has 4 rings (SSSR count). The smallest absolute Gasteiger partial charge is 0.228 e. The molecule has 5 heteroatoms. The average molecular weight is 394 g/mol. The molecule has 1 N–H and O–H groups in total. The maximum Gasteiger partial charge on any atom is 0.228 e. The van der Waals surface area contributed by atoms with Crippen molar-refractivity contribution < 1.29 is 14.0 Å². The van der Waals surface area contributed by atoms with E-state index in [2.05, 4.69) is 5.32 Å². The highest BCUT2D eigenvalue weighted by atomic mass is 19.1. The summed E-state index contributed by atoms with van der Waals surface area (Å²) in [6.45, 7) is 1.20. The van der Waals surface area contributed by atoms with E-state index in [1.807, 2.05) is 35.2 Å². The second-order valence-electron chi connectivity index (χ2n) is 8.38. The van der Waals surface area contributed by atoms with E-state index in [4.69, 9.17) is 0 Å². The zero-order chi connectivity index (χ0) is 20.4. The minimum atomic E-state index is -0.627. The molecule has 0 aromatic heterocycles. The van der Waals surface area contributed by atoms with Crippen molar-refractivity contribution in [1.82, 2.24) is 10.2 Å². The number of rotatable bonds is 5. The summed E-state index contributed by atoms with van der Waals surface area (Å²) in [5, 5.41) is 2.83. The molecule has 1 atom stereocenters. The minimum Gasteiger partial charge on any atom is -0.359 e. The van der Waals surface area contributed by atoms with Crippen molar-refractivity contribution in [3.05, 3.63) is 59.9 Å². The molecule has 0 bridgehead atoms. The van der Waals surface area contributed by atoms with Crippen molar-refractivity contribution >= 4 is 11.8 Å². The van der Waals surface area contributed by atoms with Crippen molar-refractivity contribution in [2.45, 2.75) is 32.1 Å². The number of nitrogens with one attached hydrogen (secondary N) is 1. The fourth-order valence-corrected chi connectivity index (χ4v) is 4.50. The first-order valence-electron chi connectivity index (χ1n) is 10.4. The molecular formula is C24H27FN2O2. The number of carbonyl (C=O) groups excluding carboxylic acids is 2. The minimum absolute atomic E-state index is 0.0121. The Kier molecular flexibility index (Phi) is 5.39. The van der Waals surface area contributed by atoms with E-state index in [-0.39, 0.29) is 23.5 Å². The molecule has 2 amide bonds. The predicted molar refractivity (Wildman–Crippen MR) is 111 cm³/mol. The molecule has 1 heterocycles. The molecule has 0 radical (unpaired) electrons. The second-order valence-corrected chi connectivity index (χ2v) is 8.38. The number of benzene rings is 2. The maximum atomic E-state index is 13.6. The molecule has 0 spiro atoms. The lowest BCUT2D eigenvalue weighted by molar-refractivity contribution is -0.142. The second kappa shape index (κ2) is 7.97. The van der Waals surface area contributed by atoms with Gasteiger partial charge in [-0.25, -0.2) is 4.39 Å². The Labute approximate surface area is 171 Å². The summed E-state index contributed by atoms with van der Waals surface area (Å²) in [4.78, 5) is 27.5. The summed E-state index contributed by atoms with van der Waals surface area (Å²) in [5.74, 6) is 0.0801. The monoisotopic (exact) mass is 394 g/mol. The molecular weight excluding hydrogens is 367 g/mol. The van der Waals surface area contributed by atoms with Gasteiger partial charge >= 0.3 is 0 Å². The molecule has 2 fully saturated rings. The summed E-state index contributed by atoms with van der Waals surface area (Å²) < 4.78 is 13.6. The van der Waals surface area contributed by atoms with Crippen molar-refractivity contribution in [2.75, 3.05) is 20.1 Å². The number of hydrogen-bond acceptors (Lipinski definition) is 2. The van der Waals surface area contributed by atoms with Gasteiger partial charge in [-0.2, -0.15) is 0 Å². The normalized spacial score (nSPS) is 21.7. The van der Waals surface area contributed by atoms with Gasteiger partial charge in [0, 0.05) is 26.1 Å². The lowest BCUT2D eigenvalue weighted by Gasteiger charge is -2.42. The fraction of sp³-hybridized carbons (Fsp3) is 0.417. The number of halogens is 1. The molecule has 152 valence electrons. The van der Waals surface area contributed by atoms with Crippen molar-refractivity contribution in [2.24, 2.45) is 11.3 Å². The van der Waals surface area contributed by atoms with Crippen molar-refractivity contribution in [1.29, 1.82) is 0 Å². The van der Waals surface area contributed by atoms with E-state index < -0.39 is 5.41 Å². The molecule has 2 aliphatic rings. The molecule has 4 nitrogen and oxygen atoms in total. The molecule has 2 aromatic carbocycles. The molecule has 2 aromatic rings. The van der Waals surface area contributed by atoms with E-state index >= 15 is 0 Å². The van der Waals surface area contributed by atoms with Gasteiger partial charge in [-0.05, 0) is 60.9 Å². The van der Waals surface area contributed by atoms with Gasteiger partial charge in [-0.3, -0.25) is 9.59 Å². The van der Waals surface area contributed by atoms with Crippen LogP contribution >= 0.6 is 0 Å². The molecule has 1 unspecified atom stereocenters. The standard InChI is InChI=1S/C24H27FN2O2/c1-26-23(29)24(11-4-12-27(16-24)22(28)18-9-10-18)15-17-5-2-6-19(13-17)20-7-3-8-21(25)14-20/h2-3,5-8,13-14,18H,4,9-12,15-16H2,1H3,(H,26,29). The van der Waals surface area contributed by atoms with E-state index in [0.29, 0.717) is 13.0 Å². The first kappa shape index (κ1) is 19.6. The quantitative estimate of drug-likeness (QED) is 0.839. The van der Waals surface area contributed by atoms with Gasteiger partial charge in [0.25, 0.3) is 0 Å². The number of nitrogens with zero attached hydrogens (tertiary/aromatic N) is 1. The fourth-order valence-electron chi connectivity index (χ4n) is 4.50.